The monoisotopic (exact) mass is 368 g/mol. The van der Waals surface area contributed by atoms with Crippen molar-refractivity contribution in [3.8, 4) is 0 Å². The van der Waals surface area contributed by atoms with Crippen LogP contribution in [0, 0.1) is 5.82 Å². The predicted molar refractivity (Wildman–Crippen MR) is 91.9 cm³/mol. The zero-order chi connectivity index (χ0) is 17.5. The van der Waals surface area contributed by atoms with Gasteiger partial charge in [-0.05, 0) is 42.3 Å². The average molecular weight is 369 g/mol. The number of carbonyl (C=O) groups excluding carboxylic acids is 2. The van der Waals surface area contributed by atoms with Crippen LogP contribution in [-0.2, 0) is 11.2 Å². The number of rotatable bonds is 6. The molecule has 0 unspecified atom stereocenters. The van der Waals surface area contributed by atoms with Crippen LogP contribution in [0.25, 0.3) is 0 Å². The van der Waals surface area contributed by atoms with Gasteiger partial charge in [0.15, 0.2) is 0 Å². The lowest BCUT2D eigenvalue weighted by Gasteiger charge is -2.08. The third-order valence-electron chi connectivity index (χ3n) is 3.23. The van der Waals surface area contributed by atoms with Crippen LogP contribution >= 0.6 is 23.2 Å². The molecule has 0 atom stereocenters. The summed E-state index contributed by atoms with van der Waals surface area (Å²) in [4.78, 5) is 23.5. The van der Waals surface area contributed by atoms with Crippen LogP contribution in [0.5, 0.6) is 0 Å². The van der Waals surface area contributed by atoms with Crippen molar-refractivity contribution in [3.05, 3.63) is 69.5 Å². The van der Waals surface area contributed by atoms with Gasteiger partial charge in [-0.3, -0.25) is 9.59 Å². The zero-order valence-electron chi connectivity index (χ0n) is 12.6. The summed E-state index contributed by atoms with van der Waals surface area (Å²) in [5, 5.41) is 6.19. The van der Waals surface area contributed by atoms with E-state index in [-0.39, 0.29) is 18.0 Å². The highest BCUT2D eigenvalue weighted by Crippen LogP contribution is 2.20. The molecule has 0 aliphatic carbocycles. The Balaban J connectivity index is 1.74. The molecule has 2 rings (SSSR count). The Bertz CT molecular complexity index is 753. The summed E-state index contributed by atoms with van der Waals surface area (Å²) in [5.74, 6) is -1.36. The van der Waals surface area contributed by atoms with E-state index in [0.717, 1.165) is 11.6 Å². The van der Waals surface area contributed by atoms with Gasteiger partial charge in [-0.2, -0.15) is 0 Å². The molecule has 0 heterocycles. The van der Waals surface area contributed by atoms with Crippen molar-refractivity contribution in [1.29, 1.82) is 0 Å². The van der Waals surface area contributed by atoms with Gasteiger partial charge < -0.3 is 10.6 Å². The average Bonchev–Trinajstić information content (AvgIpc) is 2.54. The Hall–Kier alpha value is -2.11. The minimum atomic E-state index is -0.509. The van der Waals surface area contributed by atoms with Crippen molar-refractivity contribution in [1.82, 2.24) is 10.6 Å². The SMILES string of the molecule is O=C(CNC(=O)c1cccc(F)c1)NCCc1ccc(Cl)cc1Cl. The van der Waals surface area contributed by atoms with Crippen molar-refractivity contribution < 1.29 is 14.0 Å². The molecule has 0 aromatic heterocycles. The maximum absolute atomic E-state index is 13.0. The molecule has 2 aromatic rings. The second kappa shape index (κ2) is 8.66. The van der Waals surface area contributed by atoms with E-state index in [1.807, 2.05) is 0 Å². The third-order valence-corrected chi connectivity index (χ3v) is 3.81. The molecule has 2 amide bonds. The first-order valence-corrected chi connectivity index (χ1v) is 7.95. The number of carbonyl (C=O) groups is 2. The van der Waals surface area contributed by atoms with Crippen LogP contribution < -0.4 is 10.6 Å². The molecule has 0 saturated heterocycles. The van der Waals surface area contributed by atoms with E-state index in [2.05, 4.69) is 10.6 Å². The summed E-state index contributed by atoms with van der Waals surface area (Å²) in [5.41, 5.74) is 1.03. The van der Waals surface area contributed by atoms with Crippen LogP contribution in [-0.4, -0.2) is 24.9 Å². The highest BCUT2D eigenvalue weighted by Gasteiger charge is 2.09. The van der Waals surface area contributed by atoms with Crippen LogP contribution in [0.2, 0.25) is 10.0 Å². The number of amides is 2. The molecule has 0 bridgehead atoms. The Morgan fingerprint density at radius 1 is 1.04 bits per heavy atom. The van der Waals surface area contributed by atoms with Gasteiger partial charge in [0.05, 0.1) is 6.54 Å². The normalized spacial score (nSPS) is 10.3. The van der Waals surface area contributed by atoms with Gasteiger partial charge in [-0.1, -0.05) is 35.3 Å². The molecule has 2 N–H and O–H groups in total. The van der Waals surface area contributed by atoms with E-state index in [0.29, 0.717) is 23.0 Å². The van der Waals surface area contributed by atoms with Crippen molar-refractivity contribution in [2.75, 3.05) is 13.1 Å². The fourth-order valence-corrected chi connectivity index (χ4v) is 2.52. The van der Waals surface area contributed by atoms with E-state index < -0.39 is 11.7 Å². The Labute approximate surface area is 149 Å². The van der Waals surface area contributed by atoms with Crippen LogP contribution in [0.15, 0.2) is 42.5 Å². The van der Waals surface area contributed by atoms with Crippen LogP contribution in [0.1, 0.15) is 15.9 Å². The number of nitrogens with one attached hydrogen (secondary N) is 2. The van der Waals surface area contributed by atoms with Crippen molar-refractivity contribution >= 4 is 35.0 Å². The van der Waals surface area contributed by atoms with Gasteiger partial charge in [-0.15, -0.1) is 0 Å². The quantitative estimate of drug-likeness (QED) is 0.822. The van der Waals surface area contributed by atoms with Crippen LogP contribution in [0.4, 0.5) is 4.39 Å². The number of hydrogen-bond donors (Lipinski definition) is 2. The number of hydrogen-bond acceptors (Lipinski definition) is 2. The summed E-state index contributed by atoms with van der Waals surface area (Å²) in [6.45, 7) is 0.180. The molecule has 0 radical (unpaired) electrons. The second-order valence-electron chi connectivity index (χ2n) is 5.03. The minimum absolute atomic E-state index is 0.163. The maximum atomic E-state index is 13.0. The highest BCUT2D eigenvalue weighted by molar-refractivity contribution is 6.35. The first-order valence-electron chi connectivity index (χ1n) is 7.20. The fraction of sp³-hybridized carbons (Fsp3) is 0.176. The van der Waals surface area contributed by atoms with Gasteiger partial charge in [-0.25, -0.2) is 4.39 Å². The Morgan fingerprint density at radius 2 is 1.83 bits per heavy atom. The van der Waals surface area contributed by atoms with E-state index in [4.69, 9.17) is 23.2 Å². The lowest BCUT2D eigenvalue weighted by atomic mass is 10.1. The standard InChI is InChI=1S/C17H15Cl2FN2O2/c18-13-5-4-11(15(19)9-13)6-7-21-16(23)10-22-17(24)12-2-1-3-14(20)8-12/h1-5,8-9H,6-7,10H2,(H,21,23)(H,22,24). The van der Waals surface area contributed by atoms with E-state index in [1.165, 1.54) is 18.2 Å². The first-order chi connectivity index (χ1) is 11.5. The van der Waals surface area contributed by atoms with Gasteiger partial charge in [0.25, 0.3) is 5.91 Å². The molecule has 0 aliphatic heterocycles. The molecule has 0 fully saturated rings. The van der Waals surface area contributed by atoms with Crippen LogP contribution in [0.3, 0.4) is 0 Å². The van der Waals surface area contributed by atoms with Gasteiger partial charge in [0.2, 0.25) is 5.91 Å². The summed E-state index contributed by atoms with van der Waals surface area (Å²) in [7, 11) is 0. The van der Waals surface area contributed by atoms with Crippen molar-refractivity contribution in [2.24, 2.45) is 0 Å². The lowest BCUT2D eigenvalue weighted by Crippen LogP contribution is -2.37. The second-order valence-corrected chi connectivity index (χ2v) is 5.87. The molecule has 24 heavy (non-hydrogen) atoms. The molecule has 2 aromatic carbocycles. The summed E-state index contributed by atoms with van der Waals surface area (Å²) >= 11 is 11.9. The third kappa shape index (κ3) is 5.51. The molecule has 4 nitrogen and oxygen atoms in total. The van der Waals surface area contributed by atoms with Crippen molar-refractivity contribution in [3.63, 3.8) is 0 Å². The Morgan fingerprint density at radius 3 is 2.54 bits per heavy atom. The molecular weight excluding hydrogens is 354 g/mol. The molecular formula is C17H15Cl2FN2O2. The smallest absolute Gasteiger partial charge is 0.251 e. The minimum Gasteiger partial charge on any atom is -0.354 e. The van der Waals surface area contributed by atoms with Gasteiger partial charge >= 0.3 is 0 Å². The van der Waals surface area contributed by atoms with Crippen molar-refractivity contribution in [2.45, 2.75) is 6.42 Å². The van der Waals surface area contributed by atoms with E-state index in [1.54, 1.807) is 18.2 Å². The summed E-state index contributed by atoms with van der Waals surface area (Å²) in [6, 6.07) is 10.4. The fourth-order valence-electron chi connectivity index (χ4n) is 2.02. The highest BCUT2D eigenvalue weighted by atomic mass is 35.5. The summed E-state index contributed by atoms with van der Waals surface area (Å²) in [6.07, 6.45) is 0.541. The van der Waals surface area contributed by atoms with E-state index in [9.17, 15) is 14.0 Å². The largest absolute Gasteiger partial charge is 0.354 e. The molecule has 7 heteroatoms. The molecule has 126 valence electrons. The number of benzene rings is 2. The molecule has 0 aliphatic rings. The van der Waals surface area contributed by atoms with E-state index >= 15 is 0 Å². The molecule has 0 spiro atoms. The zero-order valence-corrected chi connectivity index (χ0v) is 14.1. The Kier molecular flexibility index (Phi) is 6.58. The topological polar surface area (TPSA) is 58.2 Å². The lowest BCUT2D eigenvalue weighted by molar-refractivity contribution is -0.120. The number of halogens is 3. The first kappa shape index (κ1) is 18.2. The van der Waals surface area contributed by atoms with Gasteiger partial charge in [0, 0.05) is 22.2 Å². The van der Waals surface area contributed by atoms with Gasteiger partial charge in [0.1, 0.15) is 5.82 Å². The molecule has 0 saturated carbocycles. The summed E-state index contributed by atoms with van der Waals surface area (Å²) < 4.78 is 13.0. The maximum Gasteiger partial charge on any atom is 0.251 e. The predicted octanol–water partition coefficient (Wildman–Crippen LogP) is 3.22.